The second-order valence-corrected chi connectivity index (χ2v) is 6.91. The molecule has 1 fully saturated rings. The summed E-state index contributed by atoms with van der Waals surface area (Å²) in [5.41, 5.74) is 3.60. The number of rotatable bonds is 7. The average Bonchev–Trinajstić information content (AvgIpc) is 2.99. The smallest absolute Gasteiger partial charge is 0.310 e. The molecule has 1 aromatic heterocycles. The molecule has 160 valence electrons. The highest BCUT2D eigenvalue weighted by Crippen LogP contribution is 2.20. The first-order chi connectivity index (χ1) is 13.0. The summed E-state index contributed by atoms with van der Waals surface area (Å²) in [5.74, 6) is 0.713. The van der Waals surface area contributed by atoms with Crippen molar-refractivity contribution in [3.63, 3.8) is 0 Å². The lowest BCUT2D eigenvalue weighted by molar-refractivity contribution is -0.149. The van der Waals surface area contributed by atoms with Gasteiger partial charge in [0.25, 0.3) is 0 Å². The number of piperidine rings is 1. The number of hydrogen-bond acceptors (Lipinski definition) is 4. The molecule has 2 heterocycles. The number of nitrogens with zero attached hydrogens (tertiary/aromatic N) is 4. The zero-order valence-electron chi connectivity index (χ0n) is 18.0. The van der Waals surface area contributed by atoms with Gasteiger partial charge in [-0.05, 0) is 39.5 Å². The van der Waals surface area contributed by atoms with E-state index in [9.17, 15) is 4.79 Å². The molecule has 0 amide bonds. The van der Waals surface area contributed by atoms with Crippen LogP contribution in [0.15, 0.2) is 4.99 Å². The van der Waals surface area contributed by atoms with Gasteiger partial charge in [0, 0.05) is 37.9 Å². The Hall–Kier alpha value is -1.32. The van der Waals surface area contributed by atoms with Crippen LogP contribution in [0, 0.1) is 5.92 Å². The van der Waals surface area contributed by atoms with Crippen molar-refractivity contribution in [2.45, 2.75) is 59.9 Å². The molecule has 8 heteroatoms. The second kappa shape index (κ2) is 12.3. The third kappa shape index (κ3) is 6.09. The Morgan fingerprint density at radius 3 is 2.64 bits per heavy atom. The van der Waals surface area contributed by atoms with Gasteiger partial charge in [0.15, 0.2) is 5.96 Å². The molecular formula is C20H36IN5O2. The molecule has 1 unspecified atom stereocenters. The van der Waals surface area contributed by atoms with E-state index in [1.54, 1.807) is 0 Å². The van der Waals surface area contributed by atoms with Gasteiger partial charge in [-0.15, -0.1) is 24.0 Å². The van der Waals surface area contributed by atoms with Gasteiger partial charge in [-0.3, -0.25) is 9.48 Å². The molecule has 0 saturated carbocycles. The lowest BCUT2D eigenvalue weighted by Gasteiger charge is -2.34. The van der Waals surface area contributed by atoms with Gasteiger partial charge in [0.05, 0.1) is 24.8 Å². The minimum atomic E-state index is -0.0909. The zero-order valence-corrected chi connectivity index (χ0v) is 20.3. The van der Waals surface area contributed by atoms with Gasteiger partial charge in [0.1, 0.15) is 0 Å². The van der Waals surface area contributed by atoms with Crippen molar-refractivity contribution >= 4 is 35.9 Å². The van der Waals surface area contributed by atoms with Crippen LogP contribution in [0.2, 0.25) is 0 Å². The van der Waals surface area contributed by atoms with Gasteiger partial charge >= 0.3 is 5.97 Å². The first-order valence-electron chi connectivity index (χ1n) is 10.3. The highest BCUT2D eigenvalue weighted by molar-refractivity contribution is 14.0. The molecule has 1 N–H and O–H groups in total. The van der Waals surface area contributed by atoms with Crippen LogP contribution in [0.4, 0.5) is 0 Å². The molecule has 1 aromatic rings. The molecule has 2 rings (SSSR count). The number of esters is 1. The first kappa shape index (κ1) is 24.7. The SMILES string of the molecule is CCNC(=NCc1c(CC)nn(C)c1CC)N1CCCC(C(=O)OCC)C1.I. The molecule has 0 bridgehead atoms. The largest absolute Gasteiger partial charge is 0.466 e. The summed E-state index contributed by atoms with van der Waals surface area (Å²) in [6, 6.07) is 0. The van der Waals surface area contributed by atoms with Crippen LogP contribution in [-0.4, -0.2) is 52.9 Å². The number of aryl methyl sites for hydroxylation is 2. The van der Waals surface area contributed by atoms with Gasteiger partial charge in [0.2, 0.25) is 0 Å². The van der Waals surface area contributed by atoms with Gasteiger partial charge in [-0.2, -0.15) is 5.10 Å². The highest BCUT2D eigenvalue weighted by Gasteiger charge is 2.28. The van der Waals surface area contributed by atoms with Crippen LogP contribution in [0.5, 0.6) is 0 Å². The molecule has 1 atom stereocenters. The standard InChI is InChI=1S/C20H35N5O2.HI/c1-6-17-16(18(7-2)24(5)23-17)13-22-20(21-8-3)25-12-10-11-15(14-25)19(26)27-9-4;/h15H,6-14H2,1-5H3,(H,21,22);1H. The minimum absolute atomic E-state index is 0. The highest BCUT2D eigenvalue weighted by atomic mass is 127. The van der Waals surface area contributed by atoms with Crippen LogP contribution in [0.25, 0.3) is 0 Å². The maximum atomic E-state index is 12.2. The van der Waals surface area contributed by atoms with Crippen molar-refractivity contribution in [1.29, 1.82) is 0 Å². The summed E-state index contributed by atoms with van der Waals surface area (Å²) in [4.78, 5) is 19.3. The Bertz CT molecular complexity index is 659. The van der Waals surface area contributed by atoms with Crippen molar-refractivity contribution in [3.8, 4) is 0 Å². The van der Waals surface area contributed by atoms with Gasteiger partial charge in [-0.1, -0.05) is 13.8 Å². The maximum absolute atomic E-state index is 12.2. The Labute approximate surface area is 186 Å². The van der Waals surface area contributed by atoms with E-state index in [-0.39, 0.29) is 35.9 Å². The van der Waals surface area contributed by atoms with E-state index in [2.05, 4.69) is 36.1 Å². The fraction of sp³-hybridized carbons (Fsp3) is 0.750. The van der Waals surface area contributed by atoms with Crippen LogP contribution in [-0.2, 0) is 36.0 Å². The van der Waals surface area contributed by atoms with E-state index >= 15 is 0 Å². The molecule has 0 spiro atoms. The third-order valence-electron chi connectivity index (χ3n) is 5.09. The minimum Gasteiger partial charge on any atom is -0.466 e. The molecule has 7 nitrogen and oxygen atoms in total. The fourth-order valence-electron chi connectivity index (χ4n) is 3.77. The number of halogens is 1. The number of ether oxygens (including phenoxy) is 1. The summed E-state index contributed by atoms with van der Waals surface area (Å²) in [5, 5.41) is 8.04. The van der Waals surface area contributed by atoms with E-state index in [0.29, 0.717) is 19.7 Å². The fourth-order valence-corrected chi connectivity index (χ4v) is 3.77. The lowest BCUT2D eigenvalue weighted by atomic mass is 9.98. The number of carbonyl (C=O) groups is 1. The second-order valence-electron chi connectivity index (χ2n) is 6.91. The van der Waals surface area contributed by atoms with Crippen molar-refractivity contribution in [1.82, 2.24) is 20.0 Å². The number of likely N-dealkylation sites (tertiary alicyclic amines) is 1. The number of hydrogen-bond donors (Lipinski definition) is 1. The summed E-state index contributed by atoms with van der Waals surface area (Å²) in [6.45, 7) is 11.6. The van der Waals surface area contributed by atoms with E-state index in [1.807, 2.05) is 18.7 Å². The van der Waals surface area contributed by atoms with Crippen molar-refractivity contribution in [2.75, 3.05) is 26.2 Å². The van der Waals surface area contributed by atoms with E-state index in [0.717, 1.165) is 50.4 Å². The molecule has 28 heavy (non-hydrogen) atoms. The third-order valence-corrected chi connectivity index (χ3v) is 5.09. The molecular weight excluding hydrogens is 469 g/mol. The topological polar surface area (TPSA) is 71.8 Å². The molecule has 0 radical (unpaired) electrons. The molecule has 0 aliphatic carbocycles. The normalized spacial score (nSPS) is 17.2. The van der Waals surface area contributed by atoms with Crippen LogP contribution in [0.3, 0.4) is 0 Å². The first-order valence-corrected chi connectivity index (χ1v) is 10.3. The molecule has 0 aromatic carbocycles. The Morgan fingerprint density at radius 2 is 2.04 bits per heavy atom. The van der Waals surface area contributed by atoms with Crippen LogP contribution < -0.4 is 5.32 Å². The monoisotopic (exact) mass is 505 g/mol. The predicted molar refractivity (Wildman–Crippen MR) is 123 cm³/mol. The number of aromatic nitrogens is 2. The van der Waals surface area contributed by atoms with E-state index in [1.165, 1.54) is 11.3 Å². The van der Waals surface area contributed by atoms with Crippen LogP contribution >= 0.6 is 24.0 Å². The van der Waals surface area contributed by atoms with Crippen molar-refractivity contribution in [3.05, 3.63) is 17.0 Å². The summed E-state index contributed by atoms with van der Waals surface area (Å²) >= 11 is 0. The zero-order chi connectivity index (χ0) is 19.8. The van der Waals surface area contributed by atoms with E-state index < -0.39 is 0 Å². The Morgan fingerprint density at radius 1 is 1.29 bits per heavy atom. The number of aliphatic imine (C=N–C) groups is 1. The van der Waals surface area contributed by atoms with Gasteiger partial charge < -0.3 is 15.0 Å². The number of carbonyl (C=O) groups excluding carboxylic acids is 1. The summed E-state index contributed by atoms with van der Waals surface area (Å²) in [7, 11) is 2.00. The van der Waals surface area contributed by atoms with E-state index in [4.69, 9.17) is 9.73 Å². The molecule has 1 aliphatic rings. The Kier molecular flexibility index (Phi) is 10.8. The van der Waals surface area contributed by atoms with Gasteiger partial charge in [-0.25, -0.2) is 4.99 Å². The molecule has 1 aliphatic heterocycles. The summed E-state index contributed by atoms with van der Waals surface area (Å²) < 4.78 is 7.21. The number of guanidine groups is 1. The van der Waals surface area contributed by atoms with Crippen molar-refractivity contribution < 1.29 is 9.53 Å². The quantitative estimate of drug-likeness (QED) is 0.267. The van der Waals surface area contributed by atoms with Crippen LogP contribution in [0.1, 0.15) is 57.5 Å². The predicted octanol–water partition coefficient (Wildman–Crippen LogP) is 2.90. The lowest BCUT2D eigenvalue weighted by Crippen LogP contribution is -2.48. The summed E-state index contributed by atoms with van der Waals surface area (Å²) in [6.07, 6.45) is 3.71. The maximum Gasteiger partial charge on any atom is 0.310 e. The Balaban J connectivity index is 0.00000392. The number of nitrogens with one attached hydrogen (secondary N) is 1. The average molecular weight is 505 g/mol. The molecule has 1 saturated heterocycles. The van der Waals surface area contributed by atoms with Crippen molar-refractivity contribution in [2.24, 2.45) is 18.0 Å².